The topological polar surface area (TPSA) is 26.5 Å². The molecule has 0 N–H and O–H groups in total. The molecule has 21 heavy (non-hydrogen) atoms. The van der Waals surface area contributed by atoms with Crippen molar-refractivity contribution in [2.24, 2.45) is 0 Å². The third kappa shape index (κ3) is 2.82. The zero-order valence-electron chi connectivity index (χ0n) is 11.6. The van der Waals surface area contributed by atoms with Crippen molar-refractivity contribution in [1.29, 1.82) is 0 Å². The van der Waals surface area contributed by atoms with Crippen molar-refractivity contribution in [3.8, 4) is 11.6 Å². The highest BCUT2D eigenvalue weighted by Gasteiger charge is 2.17. The maximum Gasteiger partial charge on any atom is 0.243 e. The van der Waals surface area contributed by atoms with Crippen LogP contribution in [0.3, 0.4) is 0 Å². The molecule has 0 bridgehead atoms. The Morgan fingerprint density at radius 3 is 2.95 bits per heavy atom. The second-order valence-electron chi connectivity index (χ2n) is 4.99. The predicted octanol–water partition coefficient (Wildman–Crippen LogP) is 5.81. The van der Waals surface area contributed by atoms with Crippen molar-refractivity contribution in [3.63, 3.8) is 0 Å². The van der Waals surface area contributed by atoms with Crippen LogP contribution in [0.25, 0.3) is 4.96 Å². The number of nitrogens with zero attached hydrogens (tertiary/aromatic N) is 2. The van der Waals surface area contributed by atoms with E-state index in [1.54, 1.807) is 11.3 Å². The summed E-state index contributed by atoms with van der Waals surface area (Å²) in [6.07, 6.45) is 1.96. The second kappa shape index (κ2) is 5.99. The number of rotatable bonds is 4. The Labute approximate surface area is 140 Å². The van der Waals surface area contributed by atoms with E-state index >= 15 is 0 Å². The quantitative estimate of drug-likeness (QED) is 0.530. The molecule has 0 unspecified atom stereocenters. The fourth-order valence-electron chi connectivity index (χ4n) is 2.18. The molecular formula is C15H14BrClN2OS. The van der Waals surface area contributed by atoms with E-state index in [-0.39, 0.29) is 0 Å². The first kappa shape index (κ1) is 14.9. The largest absolute Gasteiger partial charge is 0.437 e. The Hall–Kier alpha value is -1.04. The van der Waals surface area contributed by atoms with Crippen LogP contribution in [0, 0.1) is 0 Å². The maximum absolute atomic E-state index is 6.06. The minimum absolute atomic E-state index is 0.362. The summed E-state index contributed by atoms with van der Waals surface area (Å²) in [5.41, 5.74) is 2.02. The molecule has 0 aliphatic carbocycles. The number of thiazole rings is 1. The van der Waals surface area contributed by atoms with Gasteiger partial charge in [-0.25, -0.2) is 0 Å². The van der Waals surface area contributed by atoms with E-state index in [1.165, 1.54) is 0 Å². The summed E-state index contributed by atoms with van der Waals surface area (Å²) in [6, 6.07) is 6.02. The van der Waals surface area contributed by atoms with Crippen molar-refractivity contribution >= 4 is 43.8 Å². The summed E-state index contributed by atoms with van der Waals surface area (Å²) in [7, 11) is 0. The van der Waals surface area contributed by atoms with E-state index in [2.05, 4.69) is 40.8 Å². The molecule has 3 aromatic rings. The third-order valence-corrected chi connectivity index (χ3v) is 4.75. The van der Waals surface area contributed by atoms with Gasteiger partial charge >= 0.3 is 0 Å². The molecule has 0 saturated carbocycles. The Morgan fingerprint density at radius 2 is 2.24 bits per heavy atom. The molecule has 2 aromatic heterocycles. The number of ether oxygens (including phenoxy) is 1. The number of hydrogen-bond donors (Lipinski definition) is 0. The zero-order valence-corrected chi connectivity index (χ0v) is 14.8. The molecule has 3 nitrogen and oxygen atoms in total. The van der Waals surface area contributed by atoms with Gasteiger partial charge in [0, 0.05) is 16.0 Å². The standard InChI is InChI=1S/C15H14BrClN2OS/c1-9(2)11-7-10(16)3-4-13(11)20-14-12(8-17)19-5-6-21-15(19)18-14/h3-7,9H,8H2,1-2H3. The lowest BCUT2D eigenvalue weighted by Gasteiger charge is -2.13. The molecule has 0 radical (unpaired) electrons. The molecule has 0 atom stereocenters. The molecule has 0 saturated heterocycles. The summed E-state index contributed by atoms with van der Waals surface area (Å²) in [6.45, 7) is 4.28. The third-order valence-electron chi connectivity index (χ3n) is 3.25. The van der Waals surface area contributed by atoms with Crippen LogP contribution in [0.15, 0.2) is 34.2 Å². The van der Waals surface area contributed by atoms with Gasteiger partial charge < -0.3 is 4.74 Å². The lowest BCUT2D eigenvalue weighted by Crippen LogP contribution is -1.96. The van der Waals surface area contributed by atoms with Crippen LogP contribution in [-0.4, -0.2) is 9.38 Å². The molecule has 110 valence electrons. The monoisotopic (exact) mass is 384 g/mol. The average Bonchev–Trinajstić information content (AvgIpc) is 3.00. The van der Waals surface area contributed by atoms with Crippen molar-refractivity contribution in [2.75, 3.05) is 0 Å². The van der Waals surface area contributed by atoms with Gasteiger partial charge in [-0.2, -0.15) is 4.98 Å². The highest BCUT2D eigenvalue weighted by atomic mass is 79.9. The van der Waals surface area contributed by atoms with Gasteiger partial charge in [-0.15, -0.1) is 22.9 Å². The predicted molar refractivity (Wildman–Crippen MR) is 90.9 cm³/mol. The van der Waals surface area contributed by atoms with Crippen molar-refractivity contribution in [1.82, 2.24) is 9.38 Å². The van der Waals surface area contributed by atoms with Crippen molar-refractivity contribution in [3.05, 3.63) is 45.5 Å². The molecular weight excluding hydrogens is 372 g/mol. The van der Waals surface area contributed by atoms with Gasteiger partial charge in [0.05, 0.1) is 5.88 Å². The second-order valence-corrected chi connectivity index (χ2v) is 7.05. The van der Waals surface area contributed by atoms with Gasteiger partial charge in [0.1, 0.15) is 11.4 Å². The molecule has 0 amide bonds. The van der Waals surface area contributed by atoms with Gasteiger partial charge in [-0.1, -0.05) is 29.8 Å². The van der Waals surface area contributed by atoms with Crippen LogP contribution in [0.4, 0.5) is 0 Å². The molecule has 2 heterocycles. The number of halogens is 2. The van der Waals surface area contributed by atoms with Gasteiger partial charge in [0.2, 0.25) is 5.88 Å². The van der Waals surface area contributed by atoms with E-state index < -0.39 is 0 Å². The molecule has 0 spiro atoms. The lowest BCUT2D eigenvalue weighted by atomic mass is 10.0. The molecule has 0 fully saturated rings. The van der Waals surface area contributed by atoms with Crippen molar-refractivity contribution < 1.29 is 4.74 Å². The summed E-state index contributed by atoms with van der Waals surface area (Å²) in [4.78, 5) is 5.42. The number of aromatic nitrogens is 2. The fraction of sp³-hybridized carbons (Fsp3) is 0.267. The smallest absolute Gasteiger partial charge is 0.243 e. The summed E-state index contributed by atoms with van der Waals surface area (Å²) in [5.74, 6) is 2.13. The van der Waals surface area contributed by atoms with Gasteiger partial charge in [0.15, 0.2) is 4.96 Å². The van der Waals surface area contributed by atoms with E-state index in [1.807, 2.05) is 28.1 Å². The Bertz CT molecular complexity index is 781. The van der Waals surface area contributed by atoms with Gasteiger partial charge in [-0.05, 0) is 29.7 Å². The first-order valence-electron chi connectivity index (χ1n) is 6.58. The highest BCUT2D eigenvalue weighted by Crippen LogP contribution is 2.35. The van der Waals surface area contributed by atoms with Crippen LogP contribution >= 0.6 is 38.9 Å². The minimum Gasteiger partial charge on any atom is -0.437 e. The minimum atomic E-state index is 0.362. The summed E-state index contributed by atoms with van der Waals surface area (Å²) < 4.78 is 9.08. The van der Waals surface area contributed by atoms with E-state index in [9.17, 15) is 0 Å². The van der Waals surface area contributed by atoms with E-state index in [0.717, 1.165) is 26.4 Å². The molecule has 6 heteroatoms. The zero-order chi connectivity index (χ0) is 15.0. The number of imidazole rings is 1. The summed E-state index contributed by atoms with van der Waals surface area (Å²) >= 11 is 11.1. The normalized spacial score (nSPS) is 11.5. The SMILES string of the molecule is CC(C)c1cc(Br)ccc1Oc1nc2sccn2c1CCl. The van der Waals surface area contributed by atoms with Gasteiger partial charge in [-0.3, -0.25) is 4.40 Å². The Balaban J connectivity index is 2.04. The van der Waals surface area contributed by atoms with Crippen LogP contribution < -0.4 is 4.74 Å². The fourth-order valence-corrected chi connectivity index (χ4v) is 3.53. The number of hydrogen-bond acceptors (Lipinski definition) is 3. The molecule has 0 aliphatic rings. The lowest BCUT2D eigenvalue weighted by molar-refractivity contribution is 0.453. The van der Waals surface area contributed by atoms with E-state index in [4.69, 9.17) is 16.3 Å². The Kier molecular flexibility index (Phi) is 4.24. The maximum atomic E-state index is 6.06. The Morgan fingerprint density at radius 1 is 1.43 bits per heavy atom. The first-order chi connectivity index (χ1) is 10.1. The molecule has 1 aromatic carbocycles. The van der Waals surface area contributed by atoms with Crippen molar-refractivity contribution in [2.45, 2.75) is 25.6 Å². The first-order valence-corrected chi connectivity index (χ1v) is 8.78. The summed E-state index contributed by atoms with van der Waals surface area (Å²) in [5, 5.41) is 1.99. The molecule has 0 aliphatic heterocycles. The van der Waals surface area contributed by atoms with Gasteiger partial charge in [0.25, 0.3) is 0 Å². The average molecular weight is 386 g/mol. The highest BCUT2D eigenvalue weighted by molar-refractivity contribution is 9.10. The number of alkyl halides is 1. The van der Waals surface area contributed by atoms with Crippen LogP contribution in [0.2, 0.25) is 0 Å². The van der Waals surface area contributed by atoms with Crippen LogP contribution in [0.1, 0.15) is 31.0 Å². The number of fused-ring (bicyclic) bond motifs is 1. The van der Waals surface area contributed by atoms with Crippen LogP contribution in [-0.2, 0) is 5.88 Å². The number of benzene rings is 1. The van der Waals surface area contributed by atoms with Crippen LogP contribution in [0.5, 0.6) is 11.6 Å². The van der Waals surface area contributed by atoms with E-state index in [0.29, 0.717) is 17.7 Å². The molecule has 3 rings (SSSR count).